The highest BCUT2D eigenvalue weighted by molar-refractivity contribution is 6.01. The summed E-state index contributed by atoms with van der Waals surface area (Å²) in [5.41, 5.74) is 4.82. The van der Waals surface area contributed by atoms with E-state index >= 15 is 0 Å². The maximum absolute atomic E-state index is 13.2. The molecule has 5 rings (SSSR count). The molecule has 1 atom stereocenters. The number of hydrogen-bond donors (Lipinski definition) is 2. The van der Waals surface area contributed by atoms with Crippen molar-refractivity contribution in [1.29, 1.82) is 5.26 Å². The number of nitriles is 1. The smallest absolute Gasteiger partial charge is 0.255 e. The van der Waals surface area contributed by atoms with Gasteiger partial charge in [-0.3, -0.25) is 9.59 Å². The molecule has 6 nitrogen and oxygen atoms in total. The monoisotopic (exact) mass is 420 g/mol. The summed E-state index contributed by atoms with van der Waals surface area (Å²) in [7, 11) is 0. The Kier molecular flexibility index (Phi) is 4.92. The summed E-state index contributed by atoms with van der Waals surface area (Å²) in [6.07, 6.45) is 2.12. The lowest BCUT2D eigenvalue weighted by Gasteiger charge is -2.25. The van der Waals surface area contributed by atoms with E-state index in [1.807, 2.05) is 54.7 Å². The van der Waals surface area contributed by atoms with Gasteiger partial charge in [-0.1, -0.05) is 36.4 Å². The Bertz CT molecular complexity index is 1360. The topological polar surface area (TPSA) is 89.0 Å². The van der Waals surface area contributed by atoms with Crippen LogP contribution >= 0.6 is 0 Å². The second kappa shape index (κ2) is 8.05. The first-order valence-corrected chi connectivity index (χ1v) is 10.4. The highest BCUT2D eigenvalue weighted by Crippen LogP contribution is 2.41. The second-order valence-electron chi connectivity index (χ2n) is 7.77. The molecular weight excluding hydrogens is 400 g/mol. The van der Waals surface area contributed by atoms with E-state index in [4.69, 9.17) is 5.26 Å². The molecule has 0 saturated carbocycles. The van der Waals surface area contributed by atoms with Crippen molar-refractivity contribution in [2.45, 2.75) is 12.5 Å². The molecule has 3 aromatic carbocycles. The third-order valence-electron chi connectivity index (χ3n) is 5.85. The van der Waals surface area contributed by atoms with Gasteiger partial charge < -0.3 is 15.2 Å². The van der Waals surface area contributed by atoms with Crippen LogP contribution in [0.5, 0.6) is 0 Å². The zero-order valence-corrected chi connectivity index (χ0v) is 17.2. The van der Waals surface area contributed by atoms with Gasteiger partial charge in [-0.15, -0.1) is 0 Å². The normalized spacial score (nSPS) is 14.9. The Hall–Kier alpha value is -4.37. The summed E-state index contributed by atoms with van der Waals surface area (Å²) in [4.78, 5) is 30.9. The molecule has 6 heteroatoms. The molecule has 32 heavy (non-hydrogen) atoms. The molecule has 1 aromatic heterocycles. The molecule has 0 fully saturated rings. The standard InChI is InChI=1S/C26H20N4O2/c27-15-17-9-11-18(12-10-17)29-24(31)13-14-30-25(20-6-1-2-7-21(20)26(30)32)22-16-28-23-8-4-3-5-19(22)23/h1-12,16,25,28H,13-14H2,(H,29,31)/t25-/m0/s1. The van der Waals surface area contributed by atoms with Crippen LogP contribution in [0.15, 0.2) is 79.0 Å². The van der Waals surface area contributed by atoms with Gasteiger partial charge in [0.25, 0.3) is 5.91 Å². The molecule has 4 aromatic rings. The van der Waals surface area contributed by atoms with E-state index in [0.29, 0.717) is 23.4 Å². The lowest BCUT2D eigenvalue weighted by Crippen LogP contribution is -2.32. The molecule has 1 aliphatic heterocycles. The van der Waals surface area contributed by atoms with Crippen molar-refractivity contribution in [1.82, 2.24) is 9.88 Å². The minimum atomic E-state index is -0.252. The predicted octanol–water partition coefficient (Wildman–Crippen LogP) is 4.61. The van der Waals surface area contributed by atoms with Crippen molar-refractivity contribution < 1.29 is 9.59 Å². The molecule has 156 valence electrons. The van der Waals surface area contributed by atoms with Gasteiger partial charge in [0.2, 0.25) is 5.91 Å². The number of benzene rings is 3. The lowest BCUT2D eigenvalue weighted by molar-refractivity contribution is -0.116. The molecular formula is C26H20N4O2. The van der Waals surface area contributed by atoms with E-state index in [2.05, 4.69) is 16.4 Å². The van der Waals surface area contributed by atoms with E-state index < -0.39 is 0 Å². The van der Waals surface area contributed by atoms with E-state index in [-0.39, 0.29) is 24.3 Å². The third-order valence-corrected chi connectivity index (χ3v) is 5.85. The van der Waals surface area contributed by atoms with Crippen LogP contribution in [0.1, 0.15) is 39.5 Å². The molecule has 2 heterocycles. The van der Waals surface area contributed by atoms with Crippen LogP contribution in [0.25, 0.3) is 10.9 Å². The van der Waals surface area contributed by atoms with Gasteiger partial charge in [-0.05, 0) is 42.0 Å². The van der Waals surface area contributed by atoms with Gasteiger partial charge in [-0.25, -0.2) is 0 Å². The first-order chi connectivity index (χ1) is 15.7. The predicted molar refractivity (Wildman–Crippen MR) is 122 cm³/mol. The Morgan fingerprint density at radius 1 is 1.00 bits per heavy atom. The zero-order valence-electron chi connectivity index (χ0n) is 17.2. The quantitative estimate of drug-likeness (QED) is 0.494. The number of rotatable bonds is 5. The number of aromatic amines is 1. The second-order valence-corrected chi connectivity index (χ2v) is 7.77. The lowest BCUT2D eigenvalue weighted by atomic mass is 9.97. The summed E-state index contributed by atoms with van der Waals surface area (Å²) < 4.78 is 0. The molecule has 0 unspecified atom stereocenters. The number of nitrogens with zero attached hydrogens (tertiary/aromatic N) is 2. The fourth-order valence-electron chi connectivity index (χ4n) is 4.33. The highest BCUT2D eigenvalue weighted by Gasteiger charge is 2.38. The first kappa shape index (κ1) is 19.6. The Morgan fingerprint density at radius 2 is 1.75 bits per heavy atom. The number of H-pyrrole nitrogens is 1. The van der Waals surface area contributed by atoms with Crippen molar-refractivity contribution in [2.75, 3.05) is 11.9 Å². The Morgan fingerprint density at radius 3 is 2.56 bits per heavy atom. The third kappa shape index (κ3) is 3.40. The summed E-state index contributed by atoms with van der Waals surface area (Å²) in [5.74, 6) is -0.252. The van der Waals surface area contributed by atoms with Gasteiger partial charge >= 0.3 is 0 Å². The summed E-state index contributed by atoms with van der Waals surface area (Å²) in [6, 6.07) is 24.2. The minimum Gasteiger partial charge on any atom is -0.361 e. The average Bonchev–Trinajstić information content (AvgIpc) is 3.37. The van der Waals surface area contributed by atoms with Crippen molar-refractivity contribution >= 4 is 28.4 Å². The molecule has 0 bridgehead atoms. The van der Waals surface area contributed by atoms with Gasteiger partial charge in [0.1, 0.15) is 0 Å². The van der Waals surface area contributed by atoms with Crippen LogP contribution in [0.4, 0.5) is 5.69 Å². The largest absolute Gasteiger partial charge is 0.361 e. The zero-order chi connectivity index (χ0) is 22.1. The number of aromatic nitrogens is 1. The first-order valence-electron chi connectivity index (χ1n) is 10.4. The van der Waals surface area contributed by atoms with E-state index in [9.17, 15) is 9.59 Å². The SMILES string of the molecule is N#Cc1ccc(NC(=O)CCN2C(=O)c3ccccc3[C@H]2c2c[nH]c3ccccc23)cc1. The number of anilines is 1. The average molecular weight is 420 g/mol. The van der Waals surface area contributed by atoms with Crippen LogP contribution in [-0.4, -0.2) is 28.2 Å². The number of carbonyl (C=O) groups is 2. The maximum atomic E-state index is 13.2. The molecule has 2 amide bonds. The van der Waals surface area contributed by atoms with Crippen LogP contribution in [0.3, 0.4) is 0 Å². The van der Waals surface area contributed by atoms with Crippen LogP contribution in [0.2, 0.25) is 0 Å². The number of hydrogen-bond acceptors (Lipinski definition) is 3. The highest BCUT2D eigenvalue weighted by atomic mass is 16.2. The molecule has 0 spiro atoms. The summed E-state index contributed by atoms with van der Waals surface area (Å²) in [6.45, 7) is 0.291. The van der Waals surface area contributed by atoms with Crippen LogP contribution < -0.4 is 5.32 Å². The molecule has 2 N–H and O–H groups in total. The molecule has 0 radical (unpaired) electrons. The molecule has 0 saturated heterocycles. The molecule has 0 aliphatic carbocycles. The van der Waals surface area contributed by atoms with Crippen molar-refractivity contribution in [3.63, 3.8) is 0 Å². The van der Waals surface area contributed by atoms with Gasteiger partial charge in [0, 0.05) is 46.9 Å². The van der Waals surface area contributed by atoms with Crippen molar-refractivity contribution in [2.24, 2.45) is 0 Å². The Labute approximate surface area is 185 Å². The van der Waals surface area contributed by atoms with Crippen LogP contribution in [0, 0.1) is 11.3 Å². The molecule has 1 aliphatic rings. The number of nitrogens with one attached hydrogen (secondary N) is 2. The number of fused-ring (bicyclic) bond motifs is 2. The number of para-hydroxylation sites is 1. The van der Waals surface area contributed by atoms with Gasteiger partial charge in [-0.2, -0.15) is 5.26 Å². The fraction of sp³-hybridized carbons (Fsp3) is 0.115. The number of amides is 2. The van der Waals surface area contributed by atoms with E-state index in [0.717, 1.165) is 22.0 Å². The summed E-state index contributed by atoms with van der Waals surface area (Å²) in [5, 5.41) is 12.8. The Balaban J connectivity index is 1.40. The van der Waals surface area contributed by atoms with Crippen molar-refractivity contribution in [3.8, 4) is 6.07 Å². The number of carbonyl (C=O) groups excluding carboxylic acids is 2. The van der Waals surface area contributed by atoms with Gasteiger partial charge in [0.05, 0.1) is 17.7 Å². The summed E-state index contributed by atoms with van der Waals surface area (Å²) >= 11 is 0. The van der Waals surface area contributed by atoms with E-state index in [1.165, 1.54) is 0 Å². The minimum absolute atomic E-state index is 0.0675. The van der Waals surface area contributed by atoms with Crippen LogP contribution in [-0.2, 0) is 4.79 Å². The maximum Gasteiger partial charge on any atom is 0.255 e. The fourth-order valence-corrected chi connectivity index (χ4v) is 4.33. The van der Waals surface area contributed by atoms with E-state index in [1.54, 1.807) is 29.2 Å². The van der Waals surface area contributed by atoms with Crippen molar-refractivity contribution in [3.05, 3.63) is 101 Å². The van der Waals surface area contributed by atoms with Gasteiger partial charge in [0.15, 0.2) is 0 Å².